The Kier molecular flexibility index (Phi) is 7.81. The molecule has 0 aromatic heterocycles. The number of hydrogen-bond donors (Lipinski definition) is 0. The standard InChI is InChI=1S/C8H12S.C2H6/c1-9-7-8-5-3-2-4-6-8;1-2/h3,5-6H,2,4,7H2,1H3;1-2H3. The van der Waals surface area contributed by atoms with Gasteiger partial charge in [0.2, 0.25) is 0 Å². The summed E-state index contributed by atoms with van der Waals surface area (Å²) in [5.74, 6) is 1.18. The van der Waals surface area contributed by atoms with E-state index in [0.717, 1.165) is 0 Å². The van der Waals surface area contributed by atoms with Crippen LogP contribution in [0.15, 0.2) is 23.8 Å². The lowest BCUT2D eigenvalue weighted by Gasteiger charge is -2.02. The van der Waals surface area contributed by atoms with Gasteiger partial charge in [-0.3, -0.25) is 0 Å². The fourth-order valence-electron chi connectivity index (χ4n) is 0.941. The van der Waals surface area contributed by atoms with Gasteiger partial charge in [0.05, 0.1) is 0 Å². The monoisotopic (exact) mass is 170 g/mol. The quantitative estimate of drug-likeness (QED) is 0.609. The zero-order valence-corrected chi connectivity index (χ0v) is 8.58. The molecule has 0 radical (unpaired) electrons. The summed E-state index contributed by atoms with van der Waals surface area (Å²) in [7, 11) is 0. The van der Waals surface area contributed by atoms with Gasteiger partial charge >= 0.3 is 0 Å². The van der Waals surface area contributed by atoms with Crippen molar-refractivity contribution in [2.75, 3.05) is 12.0 Å². The number of thioether (sulfide) groups is 1. The summed E-state index contributed by atoms with van der Waals surface area (Å²) in [6.45, 7) is 4.00. The van der Waals surface area contributed by atoms with E-state index in [4.69, 9.17) is 0 Å². The van der Waals surface area contributed by atoms with Gasteiger partial charge in [0, 0.05) is 5.75 Å². The van der Waals surface area contributed by atoms with E-state index in [2.05, 4.69) is 24.5 Å². The third-order valence-electron chi connectivity index (χ3n) is 1.38. The molecule has 0 aromatic rings. The fraction of sp³-hybridized carbons (Fsp3) is 0.600. The van der Waals surface area contributed by atoms with E-state index in [-0.39, 0.29) is 0 Å². The van der Waals surface area contributed by atoms with Gasteiger partial charge in [-0.2, -0.15) is 11.8 Å². The first kappa shape index (κ1) is 10.8. The van der Waals surface area contributed by atoms with Crippen LogP contribution >= 0.6 is 11.8 Å². The second-order valence-electron chi connectivity index (χ2n) is 2.19. The van der Waals surface area contributed by atoms with Crippen LogP contribution in [-0.2, 0) is 0 Å². The van der Waals surface area contributed by atoms with Crippen molar-refractivity contribution < 1.29 is 0 Å². The maximum Gasteiger partial charge on any atom is 0.0178 e. The maximum absolute atomic E-state index is 2.33. The highest BCUT2D eigenvalue weighted by Gasteiger charge is 1.93. The Bertz CT molecular complexity index is 134. The minimum atomic E-state index is 1.18. The second-order valence-corrected chi connectivity index (χ2v) is 3.06. The highest BCUT2D eigenvalue weighted by Crippen LogP contribution is 2.12. The van der Waals surface area contributed by atoms with E-state index in [1.165, 1.54) is 24.2 Å². The Hall–Kier alpha value is -0.170. The van der Waals surface area contributed by atoms with Crippen LogP contribution in [-0.4, -0.2) is 12.0 Å². The van der Waals surface area contributed by atoms with Crippen molar-refractivity contribution in [2.45, 2.75) is 26.7 Å². The zero-order valence-electron chi connectivity index (χ0n) is 7.76. The smallest absolute Gasteiger partial charge is 0.0178 e. The molecule has 0 unspecified atom stereocenters. The Balaban J connectivity index is 0.000000461. The molecule has 0 amide bonds. The number of hydrogen-bond acceptors (Lipinski definition) is 1. The molecule has 1 rings (SSSR count). The summed E-state index contributed by atoms with van der Waals surface area (Å²) in [5, 5.41) is 0. The SMILES string of the molecule is CC.CSCC1=CCCC=C1. The van der Waals surface area contributed by atoms with Gasteiger partial charge in [-0.1, -0.05) is 32.1 Å². The van der Waals surface area contributed by atoms with Crippen LogP contribution in [0.25, 0.3) is 0 Å². The van der Waals surface area contributed by atoms with E-state index < -0.39 is 0 Å². The fourth-order valence-corrected chi connectivity index (χ4v) is 1.49. The Labute approximate surface area is 74.8 Å². The predicted molar refractivity (Wildman–Crippen MR) is 56.2 cm³/mol. The third kappa shape index (κ3) is 5.14. The van der Waals surface area contributed by atoms with Crippen molar-refractivity contribution in [3.63, 3.8) is 0 Å². The van der Waals surface area contributed by atoms with Crippen molar-refractivity contribution in [1.82, 2.24) is 0 Å². The van der Waals surface area contributed by atoms with Gasteiger partial charge < -0.3 is 0 Å². The molecule has 0 aromatic carbocycles. The third-order valence-corrected chi connectivity index (χ3v) is 2.00. The van der Waals surface area contributed by atoms with E-state index in [1.54, 1.807) is 0 Å². The average molecular weight is 170 g/mol. The van der Waals surface area contributed by atoms with Gasteiger partial charge in [0.1, 0.15) is 0 Å². The average Bonchev–Trinajstić information content (AvgIpc) is 2.11. The summed E-state index contributed by atoms with van der Waals surface area (Å²) in [6.07, 6.45) is 11.4. The molecule has 0 aliphatic heterocycles. The predicted octanol–water partition coefficient (Wildman–Crippen LogP) is 3.65. The largest absolute Gasteiger partial charge is 0.161 e. The van der Waals surface area contributed by atoms with Gasteiger partial charge in [0.25, 0.3) is 0 Å². The highest BCUT2D eigenvalue weighted by molar-refractivity contribution is 7.98. The molecular formula is C10H18S. The van der Waals surface area contributed by atoms with Gasteiger partial charge in [0.15, 0.2) is 0 Å². The molecule has 0 saturated heterocycles. The van der Waals surface area contributed by atoms with Crippen LogP contribution in [0.3, 0.4) is 0 Å². The Morgan fingerprint density at radius 3 is 2.55 bits per heavy atom. The summed E-state index contributed by atoms with van der Waals surface area (Å²) in [4.78, 5) is 0. The molecule has 0 fully saturated rings. The zero-order chi connectivity index (χ0) is 8.53. The van der Waals surface area contributed by atoms with Crippen molar-refractivity contribution in [1.29, 1.82) is 0 Å². The van der Waals surface area contributed by atoms with Crippen LogP contribution in [0.5, 0.6) is 0 Å². The van der Waals surface area contributed by atoms with Crippen LogP contribution in [0, 0.1) is 0 Å². The van der Waals surface area contributed by atoms with Crippen LogP contribution in [0.4, 0.5) is 0 Å². The molecule has 0 spiro atoms. The van der Waals surface area contributed by atoms with Gasteiger partial charge in [-0.25, -0.2) is 0 Å². The van der Waals surface area contributed by atoms with Crippen molar-refractivity contribution in [3.05, 3.63) is 23.8 Å². The maximum atomic E-state index is 2.33. The molecule has 1 heteroatoms. The molecule has 0 N–H and O–H groups in total. The van der Waals surface area contributed by atoms with E-state index in [0.29, 0.717) is 0 Å². The van der Waals surface area contributed by atoms with Crippen molar-refractivity contribution in [3.8, 4) is 0 Å². The second kappa shape index (κ2) is 7.93. The summed E-state index contributed by atoms with van der Waals surface area (Å²) >= 11 is 1.89. The van der Waals surface area contributed by atoms with E-state index >= 15 is 0 Å². The first-order valence-corrected chi connectivity index (χ1v) is 5.67. The minimum absolute atomic E-state index is 1.18. The summed E-state index contributed by atoms with van der Waals surface area (Å²) in [6, 6.07) is 0. The molecule has 1 aliphatic rings. The molecule has 64 valence electrons. The van der Waals surface area contributed by atoms with Gasteiger partial charge in [-0.05, 0) is 24.7 Å². The van der Waals surface area contributed by atoms with Crippen molar-refractivity contribution >= 4 is 11.8 Å². The van der Waals surface area contributed by atoms with Crippen LogP contribution in [0.2, 0.25) is 0 Å². The number of allylic oxidation sites excluding steroid dienone is 3. The molecule has 1 aliphatic carbocycles. The Morgan fingerprint density at radius 1 is 1.36 bits per heavy atom. The molecule has 0 heterocycles. The first-order chi connectivity index (χ1) is 5.43. The van der Waals surface area contributed by atoms with Crippen molar-refractivity contribution in [2.24, 2.45) is 0 Å². The minimum Gasteiger partial charge on any atom is -0.161 e. The number of rotatable bonds is 2. The topological polar surface area (TPSA) is 0 Å². The summed E-state index contributed by atoms with van der Waals surface area (Å²) in [5.41, 5.74) is 1.49. The van der Waals surface area contributed by atoms with E-state index in [9.17, 15) is 0 Å². The lowest BCUT2D eigenvalue weighted by atomic mass is 10.1. The molecule has 11 heavy (non-hydrogen) atoms. The lowest BCUT2D eigenvalue weighted by molar-refractivity contribution is 1.02. The highest BCUT2D eigenvalue weighted by atomic mass is 32.2. The summed E-state index contributed by atoms with van der Waals surface area (Å²) < 4.78 is 0. The van der Waals surface area contributed by atoms with Crippen LogP contribution < -0.4 is 0 Å². The first-order valence-electron chi connectivity index (χ1n) is 4.28. The van der Waals surface area contributed by atoms with Gasteiger partial charge in [-0.15, -0.1) is 0 Å². The van der Waals surface area contributed by atoms with E-state index in [1.807, 2.05) is 25.6 Å². The lowest BCUT2D eigenvalue weighted by Crippen LogP contribution is -1.86. The molecule has 0 bridgehead atoms. The molecule has 0 atom stereocenters. The Morgan fingerprint density at radius 2 is 2.09 bits per heavy atom. The normalized spacial score (nSPS) is 15.0. The van der Waals surface area contributed by atoms with Crippen LogP contribution in [0.1, 0.15) is 26.7 Å². The molecule has 0 saturated carbocycles. The molecule has 0 nitrogen and oxygen atoms in total. The molecular weight excluding hydrogens is 152 g/mol.